The van der Waals surface area contributed by atoms with Gasteiger partial charge in [0.15, 0.2) is 0 Å². The standard InChI is InChI=1S/C26H23BrN2O2/c1-3-19-7-10-24(11-8-19)29-26(30)22(16-28)14-21-15-23(27)9-12-25(21)31-17-20-6-4-5-18(2)13-20/h4-15H,3,17H2,1-2H3,(H,29,30)/b22-14+. The molecule has 31 heavy (non-hydrogen) atoms. The Morgan fingerprint density at radius 3 is 2.55 bits per heavy atom. The maximum atomic E-state index is 12.7. The number of amides is 1. The number of hydrogen-bond donors (Lipinski definition) is 1. The number of anilines is 1. The highest BCUT2D eigenvalue weighted by Crippen LogP contribution is 2.27. The Morgan fingerprint density at radius 1 is 1.10 bits per heavy atom. The third-order valence-corrected chi connectivity index (χ3v) is 5.23. The van der Waals surface area contributed by atoms with Crippen LogP contribution in [0.1, 0.15) is 29.2 Å². The van der Waals surface area contributed by atoms with Crippen molar-refractivity contribution in [2.24, 2.45) is 0 Å². The lowest BCUT2D eigenvalue weighted by Gasteiger charge is -2.11. The molecule has 0 aromatic heterocycles. The monoisotopic (exact) mass is 474 g/mol. The Balaban J connectivity index is 1.81. The predicted molar refractivity (Wildman–Crippen MR) is 128 cm³/mol. The third kappa shape index (κ3) is 6.31. The Bertz CT molecular complexity index is 1140. The van der Waals surface area contributed by atoms with Crippen LogP contribution in [0.3, 0.4) is 0 Å². The van der Waals surface area contributed by atoms with Gasteiger partial charge in [-0.2, -0.15) is 5.26 Å². The Labute approximate surface area is 191 Å². The molecule has 0 spiro atoms. The molecule has 0 aliphatic carbocycles. The summed E-state index contributed by atoms with van der Waals surface area (Å²) < 4.78 is 6.82. The number of carbonyl (C=O) groups is 1. The molecule has 156 valence electrons. The number of halogens is 1. The van der Waals surface area contributed by atoms with Crippen LogP contribution in [0.2, 0.25) is 0 Å². The fourth-order valence-corrected chi connectivity index (χ4v) is 3.43. The van der Waals surface area contributed by atoms with Crippen LogP contribution in [0.4, 0.5) is 5.69 Å². The Kier molecular flexibility index (Phi) is 7.64. The molecule has 3 aromatic carbocycles. The molecule has 1 amide bonds. The first-order valence-electron chi connectivity index (χ1n) is 9.98. The van der Waals surface area contributed by atoms with Crippen LogP contribution in [-0.4, -0.2) is 5.91 Å². The highest BCUT2D eigenvalue weighted by molar-refractivity contribution is 9.10. The van der Waals surface area contributed by atoms with Crippen molar-refractivity contribution in [1.29, 1.82) is 5.26 Å². The second-order valence-corrected chi connectivity index (χ2v) is 8.05. The number of nitriles is 1. The molecule has 0 saturated carbocycles. The average molecular weight is 475 g/mol. The van der Waals surface area contributed by atoms with Gasteiger partial charge in [-0.15, -0.1) is 0 Å². The van der Waals surface area contributed by atoms with Crippen molar-refractivity contribution >= 4 is 33.6 Å². The van der Waals surface area contributed by atoms with Gasteiger partial charge in [0.2, 0.25) is 0 Å². The molecule has 3 rings (SSSR count). The SMILES string of the molecule is CCc1ccc(NC(=O)/C(C#N)=C/c2cc(Br)ccc2OCc2cccc(C)c2)cc1. The second-order valence-electron chi connectivity index (χ2n) is 7.13. The minimum atomic E-state index is -0.462. The first kappa shape index (κ1) is 22.3. The zero-order valence-electron chi connectivity index (χ0n) is 17.5. The van der Waals surface area contributed by atoms with Crippen LogP contribution >= 0.6 is 15.9 Å². The lowest BCUT2D eigenvalue weighted by molar-refractivity contribution is -0.112. The van der Waals surface area contributed by atoms with Gasteiger partial charge in [-0.05, 0) is 60.9 Å². The van der Waals surface area contributed by atoms with Crippen LogP contribution < -0.4 is 10.1 Å². The normalized spacial score (nSPS) is 11.0. The summed E-state index contributed by atoms with van der Waals surface area (Å²) in [5, 5.41) is 12.4. The summed E-state index contributed by atoms with van der Waals surface area (Å²) in [5.74, 6) is 0.133. The van der Waals surface area contributed by atoms with E-state index >= 15 is 0 Å². The number of ether oxygens (including phenoxy) is 1. The van der Waals surface area contributed by atoms with Gasteiger partial charge in [0.1, 0.15) is 24.0 Å². The van der Waals surface area contributed by atoms with Gasteiger partial charge < -0.3 is 10.1 Å². The van der Waals surface area contributed by atoms with E-state index in [0.29, 0.717) is 23.6 Å². The average Bonchev–Trinajstić information content (AvgIpc) is 2.77. The van der Waals surface area contributed by atoms with Crippen molar-refractivity contribution in [3.05, 3.63) is 99.0 Å². The minimum absolute atomic E-state index is 0.00178. The van der Waals surface area contributed by atoms with Crippen molar-refractivity contribution in [3.63, 3.8) is 0 Å². The van der Waals surface area contributed by atoms with E-state index in [1.807, 2.05) is 73.7 Å². The van der Waals surface area contributed by atoms with Gasteiger partial charge in [0.05, 0.1) is 0 Å². The van der Waals surface area contributed by atoms with E-state index in [4.69, 9.17) is 4.74 Å². The van der Waals surface area contributed by atoms with E-state index in [1.165, 1.54) is 5.56 Å². The maximum Gasteiger partial charge on any atom is 0.266 e. The molecule has 4 nitrogen and oxygen atoms in total. The summed E-state index contributed by atoms with van der Waals surface area (Å²) in [7, 11) is 0. The maximum absolute atomic E-state index is 12.7. The van der Waals surface area contributed by atoms with Gasteiger partial charge in [-0.25, -0.2) is 0 Å². The van der Waals surface area contributed by atoms with Gasteiger partial charge >= 0.3 is 0 Å². The van der Waals surface area contributed by atoms with Gasteiger partial charge in [0.25, 0.3) is 5.91 Å². The largest absolute Gasteiger partial charge is 0.488 e. The molecule has 5 heteroatoms. The van der Waals surface area contributed by atoms with Crippen molar-refractivity contribution in [2.45, 2.75) is 26.9 Å². The molecule has 0 heterocycles. The fourth-order valence-electron chi connectivity index (χ4n) is 3.05. The molecule has 0 unspecified atom stereocenters. The molecule has 0 aliphatic heterocycles. The molecule has 3 aromatic rings. The molecule has 0 bridgehead atoms. The first-order chi connectivity index (χ1) is 15.0. The fraction of sp³-hybridized carbons (Fsp3) is 0.154. The van der Waals surface area contributed by atoms with E-state index in [-0.39, 0.29) is 5.57 Å². The zero-order chi connectivity index (χ0) is 22.2. The van der Waals surface area contributed by atoms with E-state index in [9.17, 15) is 10.1 Å². The lowest BCUT2D eigenvalue weighted by Crippen LogP contribution is -2.13. The second kappa shape index (κ2) is 10.6. The zero-order valence-corrected chi connectivity index (χ0v) is 19.1. The Hall–Kier alpha value is -3.36. The van der Waals surface area contributed by atoms with Gasteiger partial charge in [-0.1, -0.05) is 64.8 Å². The number of rotatable bonds is 7. The summed E-state index contributed by atoms with van der Waals surface area (Å²) in [5.41, 5.74) is 4.68. The van der Waals surface area contributed by atoms with Crippen molar-refractivity contribution in [2.75, 3.05) is 5.32 Å². The summed E-state index contributed by atoms with van der Waals surface area (Å²) >= 11 is 3.45. The Morgan fingerprint density at radius 2 is 1.87 bits per heavy atom. The molecule has 0 radical (unpaired) electrons. The summed E-state index contributed by atoms with van der Waals surface area (Å²) in [6.45, 7) is 4.49. The first-order valence-corrected chi connectivity index (χ1v) is 10.8. The molecule has 0 aliphatic rings. The number of hydrogen-bond acceptors (Lipinski definition) is 3. The number of aryl methyl sites for hydroxylation is 2. The van der Waals surface area contributed by atoms with Crippen LogP contribution in [-0.2, 0) is 17.8 Å². The number of nitrogens with zero attached hydrogens (tertiary/aromatic N) is 1. The lowest BCUT2D eigenvalue weighted by atomic mass is 10.1. The molecular weight excluding hydrogens is 452 g/mol. The molecule has 0 atom stereocenters. The number of nitrogens with one attached hydrogen (secondary N) is 1. The van der Waals surface area contributed by atoms with Gasteiger partial charge in [0, 0.05) is 15.7 Å². The summed E-state index contributed by atoms with van der Waals surface area (Å²) in [4.78, 5) is 12.7. The van der Waals surface area contributed by atoms with Crippen LogP contribution in [0.25, 0.3) is 6.08 Å². The highest BCUT2D eigenvalue weighted by Gasteiger charge is 2.12. The summed E-state index contributed by atoms with van der Waals surface area (Å²) in [6.07, 6.45) is 2.47. The van der Waals surface area contributed by atoms with E-state index in [1.54, 1.807) is 6.08 Å². The number of carbonyl (C=O) groups excluding carboxylic acids is 1. The smallest absolute Gasteiger partial charge is 0.266 e. The van der Waals surface area contributed by atoms with Crippen LogP contribution in [0.5, 0.6) is 5.75 Å². The van der Waals surface area contributed by atoms with Crippen LogP contribution in [0, 0.1) is 18.3 Å². The van der Waals surface area contributed by atoms with E-state index < -0.39 is 5.91 Å². The van der Waals surface area contributed by atoms with Crippen LogP contribution in [0.15, 0.2) is 76.8 Å². The van der Waals surface area contributed by atoms with Gasteiger partial charge in [-0.3, -0.25) is 4.79 Å². The quantitative estimate of drug-likeness (QED) is 0.316. The van der Waals surface area contributed by atoms with Crippen molar-refractivity contribution in [3.8, 4) is 11.8 Å². The molecule has 1 N–H and O–H groups in total. The summed E-state index contributed by atoms with van der Waals surface area (Å²) in [6, 6.07) is 23.2. The number of benzene rings is 3. The minimum Gasteiger partial charge on any atom is -0.488 e. The molecule has 0 saturated heterocycles. The molecular formula is C26H23BrN2O2. The van der Waals surface area contributed by atoms with E-state index in [2.05, 4.69) is 34.2 Å². The van der Waals surface area contributed by atoms with Crippen molar-refractivity contribution in [1.82, 2.24) is 0 Å². The van der Waals surface area contributed by atoms with E-state index in [0.717, 1.165) is 22.0 Å². The highest BCUT2D eigenvalue weighted by atomic mass is 79.9. The molecule has 0 fully saturated rings. The third-order valence-electron chi connectivity index (χ3n) is 4.73. The predicted octanol–water partition coefficient (Wildman–Crippen LogP) is 6.44. The van der Waals surface area contributed by atoms with Crippen molar-refractivity contribution < 1.29 is 9.53 Å². The topological polar surface area (TPSA) is 62.1 Å².